The van der Waals surface area contributed by atoms with E-state index < -0.39 is 5.92 Å². The van der Waals surface area contributed by atoms with Gasteiger partial charge in [-0.3, -0.25) is 4.79 Å². The second-order valence-electron chi connectivity index (χ2n) is 6.98. The van der Waals surface area contributed by atoms with Crippen molar-refractivity contribution < 1.29 is 14.3 Å². The molecule has 0 unspecified atom stereocenters. The molecule has 3 rings (SSSR count). The zero-order valence-electron chi connectivity index (χ0n) is 15.8. The largest absolute Gasteiger partial charge is 0.469 e. The van der Waals surface area contributed by atoms with Gasteiger partial charge in [-0.1, -0.05) is 60.7 Å². The second-order valence-corrected chi connectivity index (χ2v) is 6.98. The van der Waals surface area contributed by atoms with Crippen LogP contribution in [0.3, 0.4) is 0 Å². The van der Waals surface area contributed by atoms with Gasteiger partial charge in [-0.2, -0.15) is 0 Å². The number of hydrogen-bond donors (Lipinski definition) is 1. The highest BCUT2D eigenvalue weighted by Gasteiger charge is 2.43. The van der Waals surface area contributed by atoms with Gasteiger partial charge in [0.1, 0.15) is 0 Å². The fourth-order valence-electron chi connectivity index (χ4n) is 3.76. The van der Waals surface area contributed by atoms with Gasteiger partial charge < -0.3 is 15.0 Å². The Morgan fingerprint density at radius 1 is 1.04 bits per heavy atom. The van der Waals surface area contributed by atoms with Crippen LogP contribution >= 0.6 is 0 Å². The number of aryl methyl sites for hydroxylation is 1. The van der Waals surface area contributed by atoms with E-state index in [4.69, 9.17) is 4.74 Å². The summed E-state index contributed by atoms with van der Waals surface area (Å²) in [4.78, 5) is 27.0. The summed E-state index contributed by atoms with van der Waals surface area (Å²) in [6, 6.07) is 19.3. The molecule has 0 saturated carbocycles. The third kappa shape index (κ3) is 4.48. The summed E-state index contributed by atoms with van der Waals surface area (Å²) in [5.41, 5.74) is 2.22. The summed E-state index contributed by atoms with van der Waals surface area (Å²) in [6.07, 6.45) is 1.49. The number of amides is 2. The van der Waals surface area contributed by atoms with Crippen LogP contribution in [0.15, 0.2) is 60.7 Å². The van der Waals surface area contributed by atoms with Gasteiger partial charge in [0.25, 0.3) is 0 Å². The first kappa shape index (κ1) is 19.0. The molecule has 0 radical (unpaired) electrons. The van der Waals surface area contributed by atoms with E-state index in [0.717, 1.165) is 12.0 Å². The Balaban J connectivity index is 1.75. The standard InChI is InChI=1S/C22H26N2O3/c1-16-20(21(25)27-2)19(14-13-17-9-5-3-6-10-17)23-22(26)24(16)15-18-11-7-4-8-12-18/h3-12,16,19-20H,13-15H2,1-2H3,(H,23,26)/t16-,19+,20-/m1/s1. The molecule has 1 fully saturated rings. The Kier molecular flexibility index (Phi) is 6.12. The quantitative estimate of drug-likeness (QED) is 0.797. The monoisotopic (exact) mass is 366 g/mol. The van der Waals surface area contributed by atoms with E-state index in [2.05, 4.69) is 17.4 Å². The van der Waals surface area contributed by atoms with Crippen LogP contribution in [-0.4, -0.2) is 36.1 Å². The highest BCUT2D eigenvalue weighted by Crippen LogP contribution is 2.27. The minimum atomic E-state index is -0.403. The van der Waals surface area contributed by atoms with Crippen molar-refractivity contribution >= 4 is 12.0 Å². The number of hydrogen-bond acceptors (Lipinski definition) is 3. The van der Waals surface area contributed by atoms with Gasteiger partial charge in [0.2, 0.25) is 0 Å². The SMILES string of the molecule is COC(=O)[C@H]1[C@H](CCc2ccccc2)NC(=O)N(Cc2ccccc2)[C@@H]1C. The Hall–Kier alpha value is -2.82. The zero-order valence-corrected chi connectivity index (χ0v) is 15.8. The van der Waals surface area contributed by atoms with Gasteiger partial charge in [0, 0.05) is 18.6 Å². The van der Waals surface area contributed by atoms with Crippen LogP contribution in [0.2, 0.25) is 0 Å². The average molecular weight is 366 g/mol. The summed E-state index contributed by atoms with van der Waals surface area (Å²) >= 11 is 0. The summed E-state index contributed by atoms with van der Waals surface area (Å²) in [5, 5.41) is 3.04. The minimum absolute atomic E-state index is 0.135. The van der Waals surface area contributed by atoms with Crippen molar-refractivity contribution in [1.29, 1.82) is 0 Å². The van der Waals surface area contributed by atoms with E-state index in [1.165, 1.54) is 12.7 Å². The summed E-state index contributed by atoms with van der Waals surface area (Å²) < 4.78 is 5.06. The van der Waals surface area contributed by atoms with Crippen LogP contribution in [0, 0.1) is 5.92 Å². The van der Waals surface area contributed by atoms with E-state index in [0.29, 0.717) is 13.0 Å². The Labute approximate surface area is 160 Å². The van der Waals surface area contributed by atoms with E-state index in [9.17, 15) is 9.59 Å². The Bertz CT molecular complexity index is 762. The molecule has 0 aliphatic carbocycles. The average Bonchev–Trinajstić information content (AvgIpc) is 2.70. The molecule has 2 amide bonds. The van der Waals surface area contributed by atoms with Crippen molar-refractivity contribution in [3.63, 3.8) is 0 Å². The molecule has 142 valence electrons. The number of nitrogens with zero attached hydrogens (tertiary/aromatic N) is 1. The van der Waals surface area contributed by atoms with Crippen LogP contribution in [-0.2, 0) is 22.5 Å². The minimum Gasteiger partial charge on any atom is -0.469 e. The third-order valence-electron chi connectivity index (χ3n) is 5.27. The van der Waals surface area contributed by atoms with E-state index in [1.807, 2.05) is 55.5 Å². The van der Waals surface area contributed by atoms with Crippen LogP contribution in [0.1, 0.15) is 24.5 Å². The van der Waals surface area contributed by atoms with Crippen LogP contribution < -0.4 is 5.32 Å². The third-order valence-corrected chi connectivity index (χ3v) is 5.27. The summed E-state index contributed by atoms with van der Waals surface area (Å²) in [6.45, 7) is 2.39. The van der Waals surface area contributed by atoms with Gasteiger partial charge in [-0.25, -0.2) is 4.79 Å². The van der Waals surface area contributed by atoms with Gasteiger partial charge in [-0.15, -0.1) is 0 Å². The lowest BCUT2D eigenvalue weighted by Crippen LogP contribution is -2.63. The van der Waals surface area contributed by atoms with Crippen molar-refractivity contribution in [2.75, 3.05) is 7.11 Å². The van der Waals surface area contributed by atoms with Crippen molar-refractivity contribution in [2.24, 2.45) is 5.92 Å². The molecule has 0 bridgehead atoms. The van der Waals surface area contributed by atoms with Crippen LogP contribution in [0.5, 0.6) is 0 Å². The first-order valence-electron chi connectivity index (χ1n) is 9.33. The number of esters is 1. The zero-order chi connectivity index (χ0) is 19.2. The Morgan fingerprint density at radius 2 is 1.63 bits per heavy atom. The number of methoxy groups -OCH3 is 1. The van der Waals surface area contributed by atoms with Gasteiger partial charge in [-0.05, 0) is 30.9 Å². The highest BCUT2D eigenvalue weighted by atomic mass is 16.5. The maximum absolute atomic E-state index is 12.7. The molecule has 27 heavy (non-hydrogen) atoms. The molecule has 1 N–H and O–H groups in total. The molecule has 2 aromatic carbocycles. The predicted octanol–water partition coefficient (Wildman–Crippen LogP) is 3.39. The van der Waals surface area contributed by atoms with E-state index >= 15 is 0 Å². The topological polar surface area (TPSA) is 58.6 Å². The van der Waals surface area contributed by atoms with Gasteiger partial charge in [0.05, 0.1) is 13.0 Å². The lowest BCUT2D eigenvalue weighted by Gasteiger charge is -2.43. The maximum atomic E-state index is 12.7. The first-order valence-corrected chi connectivity index (χ1v) is 9.33. The smallest absolute Gasteiger partial charge is 0.318 e. The number of rotatable bonds is 6. The Morgan fingerprint density at radius 3 is 2.22 bits per heavy atom. The molecule has 5 heteroatoms. The van der Waals surface area contributed by atoms with Crippen molar-refractivity contribution in [2.45, 2.75) is 38.4 Å². The fraction of sp³-hybridized carbons (Fsp3) is 0.364. The van der Waals surface area contributed by atoms with Crippen LogP contribution in [0.4, 0.5) is 4.79 Å². The predicted molar refractivity (Wildman–Crippen MR) is 104 cm³/mol. The lowest BCUT2D eigenvalue weighted by molar-refractivity contribution is -0.149. The number of carbonyl (C=O) groups excluding carboxylic acids is 2. The molecule has 0 aromatic heterocycles. The van der Waals surface area contributed by atoms with Gasteiger partial charge in [0.15, 0.2) is 0 Å². The molecule has 5 nitrogen and oxygen atoms in total. The number of urea groups is 1. The second kappa shape index (κ2) is 8.71. The lowest BCUT2D eigenvalue weighted by atomic mass is 9.85. The molecule has 1 aliphatic rings. The van der Waals surface area contributed by atoms with Crippen molar-refractivity contribution in [3.05, 3.63) is 71.8 Å². The first-order chi connectivity index (χ1) is 13.1. The molecule has 3 atom stereocenters. The molecule has 2 aromatic rings. The summed E-state index contributed by atoms with van der Waals surface area (Å²) in [5.74, 6) is -0.682. The number of carbonyl (C=O) groups is 2. The van der Waals surface area contributed by atoms with Gasteiger partial charge >= 0.3 is 12.0 Å². The van der Waals surface area contributed by atoms with Crippen molar-refractivity contribution in [1.82, 2.24) is 10.2 Å². The van der Waals surface area contributed by atoms with E-state index in [-0.39, 0.29) is 24.1 Å². The molecule has 1 aliphatic heterocycles. The van der Waals surface area contributed by atoms with Crippen molar-refractivity contribution in [3.8, 4) is 0 Å². The number of nitrogens with one attached hydrogen (secondary N) is 1. The molecular formula is C22H26N2O3. The molecule has 0 spiro atoms. The summed E-state index contributed by atoms with van der Waals surface area (Å²) in [7, 11) is 1.40. The van der Waals surface area contributed by atoms with Crippen LogP contribution in [0.25, 0.3) is 0 Å². The number of benzene rings is 2. The maximum Gasteiger partial charge on any atom is 0.318 e. The molecular weight excluding hydrogens is 340 g/mol. The normalized spacial score (nSPS) is 22.2. The molecule has 1 saturated heterocycles. The number of ether oxygens (including phenoxy) is 1. The fourth-order valence-corrected chi connectivity index (χ4v) is 3.76. The molecule has 1 heterocycles. The highest BCUT2D eigenvalue weighted by molar-refractivity contribution is 5.82. The van der Waals surface area contributed by atoms with E-state index in [1.54, 1.807) is 4.90 Å².